The second-order valence-electron chi connectivity index (χ2n) is 20.9. The first kappa shape index (κ1) is 50.5. The van der Waals surface area contributed by atoms with Crippen LogP contribution in [-0.4, -0.2) is 49.5 Å². The predicted octanol–water partition coefficient (Wildman–Crippen LogP) is 18.9. The summed E-state index contributed by atoms with van der Waals surface area (Å²) in [5.74, 6) is 0. The smallest absolute Gasteiger partial charge is 0.116 e. The lowest BCUT2D eigenvalue weighted by Gasteiger charge is -2.34. The Labute approximate surface area is 471 Å². The average Bonchev–Trinajstić information content (AvgIpc) is 3.54. The Morgan fingerprint density at radius 3 is 0.692 bits per heavy atom. The molecule has 0 atom stereocenters. The minimum absolute atomic E-state index is 0.903. The Hall–Kier alpha value is -6.99. The summed E-state index contributed by atoms with van der Waals surface area (Å²) in [5, 5.41) is 0. The summed E-state index contributed by atoms with van der Waals surface area (Å²) in [7, 11) is 0. The Kier molecular flexibility index (Phi) is 14.5. The molecule has 390 valence electrons. The van der Waals surface area contributed by atoms with Crippen LogP contribution in [0.25, 0.3) is 67.5 Å². The van der Waals surface area contributed by atoms with E-state index < -0.39 is 0 Å². The van der Waals surface area contributed by atoms with E-state index >= 15 is 0 Å². The maximum atomic E-state index is 4.91. The predicted molar refractivity (Wildman–Crippen MR) is 325 cm³/mol. The molecule has 0 fully saturated rings. The first-order valence-electron chi connectivity index (χ1n) is 28.2. The van der Waals surface area contributed by atoms with Crippen LogP contribution < -0.4 is 14.7 Å². The van der Waals surface area contributed by atoms with Gasteiger partial charge in [0.2, 0.25) is 0 Å². The zero-order valence-electron chi connectivity index (χ0n) is 44.7. The molecule has 0 radical (unpaired) electrons. The number of anilines is 6. The number of benzene rings is 6. The molecule has 12 heteroatoms. The van der Waals surface area contributed by atoms with Gasteiger partial charge in [0, 0.05) is 82.4 Å². The Bertz CT molecular complexity index is 3120. The zero-order valence-corrected chi connectivity index (χ0v) is 47.2. The highest BCUT2D eigenvalue weighted by molar-refractivity contribution is 8.00. The summed E-state index contributed by atoms with van der Waals surface area (Å²) < 4.78 is 0. The number of hydrogen-bond acceptors (Lipinski definition) is 12. The van der Waals surface area contributed by atoms with E-state index in [0.717, 1.165) is 106 Å². The van der Waals surface area contributed by atoms with Crippen molar-refractivity contribution >= 4 is 69.4 Å². The van der Waals surface area contributed by atoms with Gasteiger partial charge in [0.25, 0.3) is 0 Å². The van der Waals surface area contributed by atoms with Crippen LogP contribution in [0.3, 0.4) is 0 Å². The van der Waals surface area contributed by atoms with Gasteiger partial charge >= 0.3 is 0 Å². The molecule has 18 bridgehead atoms. The van der Waals surface area contributed by atoms with Crippen LogP contribution in [0.1, 0.15) is 97.8 Å². The summed E-state index contributed by atoms with van der Waals surface area (Å²) in [5.41, 5.74) is 19.3. The van der Waals surface area contributed by atoms with Gasteiger partial charge in [-0.25, -0.2) is 29.9 Å². The highest BCUT2D eigenvalue weighted by Crippen LogP contribution is 2.54. The van der Waals surface area contributed by atoms with Crippen molar-refractivity contribution in [3.8, 4) is 67.5 Å². The summed E-state index contributed by atoms with van der Waals surface area (Å²) in [4.78, 5) is 44.4. The van der Waals surface area contributed by atoms with E-state index in [0.29, 0.717) is 0 Å². The normalized spacial score (nSPS) is 13.3. The van der Waals surface area contributed by atoms with Crippen LogP contribution in [-0.2, 0) is 0 Å². The fraction of sp³-hybridized carbons (Fsp3) is 0.273. The lowest BCUT2D eigenvalue weighted by molar-refractivity contribution is 0.666. The van der Waals surface area contributed by atoms with Crippen molar-refractivity contribution in [2.75, 3.05) is 34.3 Å². The van der Waals surface area contributed by atoms with Crippen LogP contribution in [0.2, 0.25) is 0 Å². The SMILES string of the molecule is CCCCCCN1c2ccc3cc2Sc2cc(ccc21)-c1cc(ncn1)-c1ccc2c(c1)Sc1cc(ccc1N2CCCCCC)-c1cc(ncn1)-c1ccc2c(c1)Sc1cc(ccc1N2CCCCCC)-c1cc-3ncn1. The molecule has 4 aliphatic heterocycles. The molecule has 9 aromatic rings. The third-order valence-electron chi connectivity index (χ3n) is 15.6. The van der Waals surface area contributed by atoms with Gasteiger partial charge in [-0.2, -0.15) is 0 Å². The van der Waals surface area contributed by atoms with E-state index in [2.05, 4.69) is 163 Å². The quantitative estimate of drug-likeness (QED) is 0.0916. The topological polar surface area (TPSA) is 87.1 Å². The number of aromatic nitrogens is 6. The van der Waals surface area contributed by atoms with Gasteiger partial charge in [0.05, 0.1) is 68.3 Å². The highest BCUT2D eigenvalue weighted by atomic mass is 32.2. The molecule has 0 aliphatic carbocycles. The molecule has 0 amide bonds. The molecule has 9 nitrogen and oxygen atoms in total. The number of hydrogen-bond donors (Lipinski definition) is 0. The number of rotatable bonds is 15. The van der Waals surface area contributed by atoms with Crippen molar-refractivity contribution in [2.24, 2.45) is 0 Å². The van der Waals surface area contributed by atoms with Crippen molar-refractivity contribution in [1.82, 2.24) is 29.9 Å². The molecule has 0 saturated heterocycles. The molecule has 0 N–H and O–H groups in total. The monoisotopic (exact) mass is 1080 g/mol. The van der Waals surface area contributed by atoms with Crippen molar-refractivity contribution in [2.45, 2.75) is 127 Å². The first-order valence-corrected chi connectivity index (χ1v) is 30.6. The number of nitrogens with zero attached hydrogens (tertiary/aromatic N) is 9. The number of fused-ring (bicyclic) bond motifs is 18. The van der Waals surface area contributed by atoms with Gasteiger partial charge in [-0.3, -0.25) is 0 Å². The van der Waals surface area contributed by atoms with Crippen LogP contribution >= 0.6 is 35.3 Å². The summed E-state index contributed by atoms with van der Waals surface area (Å²) >= 11 is 5.51. The second-order valence-corrected chi connectivity index (χ2v) is 24.2. The van der Waals surface area contributed by atoms with Crippen LogP contribution in [0.5, 0.6) is 0 Å². The lowest BCUT2D eigenvalue weighted by atomic mass is 10.0. The van der Waals surface area contributed by atoms with Gasteiger partial charge in [-0.15, -0.1) is 0 Å². The largest absolute Gasteiger partial charge is 0.340 e. The molecule has 0 spiro atoms. The standard InChI is InChI=1S/C66H63N9S3/c1-4-7-10-13-28-73-55-22-16-43-31-61(55)76-62-32-44(17-23-56(62)73)50-38-52(70-41-68-50)46-19-25-58-64(34-46)78-66-36-48(21-27-60(66)75(58)30-15-12-9-6-3)54-39-53(71-42-72-54)47-20-26-59-65(35-47)77-63-33-45(51-37-49(43)67-40-69-51)18-24-57(63)74(59)29-14-11-8-5-2/h16-27,31-42H,4-15,28-30H2,1-3H3. The van der Waals surface area contributed by atoms with Crippen molar-refractivity contribution < 1.29 is 0 Å². The van der Waals surface area contributed by atoms with Crippen molar-refractivity contribution in [3.05, 3.63) is 146 Å². The minimum Gasteiger partial charge on any atom is -0.340 e. The van der Waals surface area contributed by atoms with Gasteiger partial charge in [0.1, 0.15) is 19.0 Å². The Morgan fingerprint density at radius 2 is 0.487 bits per heavy atom. The second kappa shape index (κ2) is 22.4. The number of unbranched alkanes of at least 4 members (excludes halogenated alkanes) is 9. The molecular formula is C66H63N9S3. The molecular weight excluding hydrogens is 1010 g/mol. The lowest BCUT2D eigenvalue weighted by Crippen LogP contribution is -2.22. The van der Waals surface area contributed by atoms with Gasteiger partial charge < -0.3 is 14.7 Å². The van der Waals surface area contributed by atoms with Gasteiger partial charge in [-0.05, 0) is 110 Å². The van der Waals surface area contributed by atoms with Gasteiger partial charge in [0.15, 0.2) is 0 Å². The van der Waals surface area contributed by atoms with Crippen molar-refractivity contribution in [3.63, 3.8) is 0 Å². The maximum Gasteiger partial charge on any atom is 0.116 e. The third-order valence-corrected chi connectivity index (χ3v) is 18.9. The maximum absolute atomic E-state index is 4.91. The molecule has 6 aromatic carbocycles. The average molecular weight is 1080 g/mol. The highest BCUT2D eigenvalue weighted by Gasteiger charge is 2.29. The van der Waals surface area contributed by atoms with Crippen LogP contribution in [0, 0.1) is 0 Å². The van der Waals surface area contributed by atoms with Gasteiger partial charge in [-0.1, -0.05) is 150 Å². The van der Waals surface area contributed by atoms with E-state index in [1.165, 1.54) is 121 Å². The Morgan fingerprint density at radius 1 is 0.269 bits per heavy atom. The molecule has 7 heterocycles. The van der Waals surface area contributed by atoms with Crippen LogP contribution in [0.4, 0.5) is 34.1 Å². The first-order chi connectivity index (χ1) is 38.5. The summed E-state index contributed by atoms with van der Waals surface area (Å²) in [6, 6.07) is 47.7. The van der Waals surface area contributed by atoms with E-state index in [1.807, 2.05) is 35.3 Å². The zero-order chi connectivity index (χ0) is 52.5. The van der Waals surface area contributed by atoms with E-state index in [9.17, 15) is 0 Å². The molecule has 0 saturated carbocycles. The molecule has 78 heavy (non-hydrogen) atoms. The van der Waals surface area contributed by atoms with E-state index in [4.69, 9.17) is 29.9 Å². The fourth-order valence-corrected chi connectivity index (χ4v) is 15.0. The molecule has 4 aliphatic rings. The Balaban J connectivity index is 0.946. The van der Waals surface area contributed by atoms with Crippen LogP contribution in [0.15, 0.2) is 176 Å². The van der Waals surface area contributed by atoms with E-state index in [-0.39, 0.29) is 0 Å². The molecule has 3 aromatic heterocycles. The summed E-state index contributed by atoms with van der Waals surface area (Å²) in [6.07, 6.45) is 19.5. The minimum atomic E-state index is 0.903. The third kappa shape index (κ3) is 9.96. The summed E-state index contributed by atoms with van der Waals surface area (Å²) in [6.45, 7) is 9.69. The van der Waals surface area contributed by atoms with Crippen molar-refractivity contribution in [1.29, 1.82) is 0 Å². The fourth-order valence-electron chi connectivity index (χ4n) is 11.4. The molecule has 0 unspecified atom stereocenters. The van der Waals surface area contributed by atoms with E-state index in [1.54, 1.807) is 19.0 Å². The molecule has 13 rings (SSSR count).